The Morgan fingerprint density at radius 3 is 2.63 bits per heavy atom. The third kappa shape index (κ3) is 3.32. The molecule has 4 heteroatoms. The fraction of sp³-hybridized carbons (Fsp3) is 0.533. The van der Waals surface area contributed by atoms with Crippen LogP contribution < -0.4 is 5.73 Å². The number of hydrogen-bond donors (Lipinski definition) is 1. The monoisotopic (exact) mass is 264 g/mol. The predicted molar refractivity (Wildman–Crippen MR) is 73.5 cm³/mol. The summed E-state index contributed by atoms with van der Waals surface area (Å²) in [7, 11) is 0. The van der Waals surface area contributed by atoms with Crippen molar-refractivity contribution in [2.24, 2.45) is 5.73 Å². The first-order valence-corrected chi connectivity index (χ1v) is 6.90. The van der Waals surface area contributed by atoms with E-state index in [1.54, 1.807) is 13.0 Å². The van der Waals surface area contributed by atoms with Gasteiger partial charge in [0, 0.05) is 24.7 Å². The Hall–Kier alpha value is -1.42. The highest BCUT2D eigenvalue weighted by molar-refractivity contribution is 5.94. The topological polar surface area (TPSA) is 46.3 Å². The van der Waals surface area contributed by atoms with Crippen molar-refractivity contribution in [1.82, 2.24) is 4.90 Å². The first-order chi connectivity index (χ1) is 9.11. The van der Waals surface area contributed by atoms with Crippen molar-refractivity contribution < 1.29 is 9.18 Å². The minimum atomic E-state index is -0.359. The standard InChI is InChI=1S/C15H21FN2O/c1-11-8-12(10-13(16)9-11)15(19)18(7-6-17)14-4-2-3-5-14/h8-10,14H,2-7,17H2,1H3. The van der Waals surface area contributed by atoms with Crippen molar-refractivity contribution in [3.63, 3.8) is 0 Å². The molecule has 0 aliphatic heterocycles. The number of nitrogens with two attached hydrogens (primary N) is 1. The van der Waals surface area contributed by atoms with E-state index in [4.69, 9.17) is 5.73 Å². The van der Waals surface area contributed by atoms with Crippen LogP contribution in [0.4, 0.5) is 4.39 Å². The Kier molecular flexibility index (Phi) is 4.53. The molecule has 0 saturated heterocycles. The van der Waals surface area contributed by atoms with Gasteiger partial charge in [0.15, 0.2) is 0 Å². The largest absolute Gasteiger partial charge is 0.334 e. The normalized spacial score (nSPS) is 15.7. The minimum absolute atomic E-state index is 0.0973. The predicted octanol–water partition coefficient (Wildman–Crippen LogP) is 2.48. The number of hydrogen-bond acceptors (Lipinski definition) is 2. The minimum Gasteiger partial charge on any atom is -0.334 e. The highest BCUT2D eigenvalue weighted by Crippen LogP contribution is 2.25. The second kappa shape index (κ2) is 6.15. The molecule has 19 heavy (non-hydrogen) atoms. The number of carbonyl (C=O) groups is 1. The van der Waals surface area contributed by atoms with Crippen molar-refractivity contribution in [3.8, 4) is 0 Å². The molecule has 1 aromatic rings. The number of carbonyl (C=O) groups excluding carboxylic acids is 1. The number of benzene rings is 1. The maximum Gasteiger partial charge on any atom is 0.254 e. The van der Waals surface area contributed by atoms with E-state index in [0.29, 0.717) is 18.7 Å². The Morgan fingerprint density at radius 2 is 2.05 bits per heavy atom. The molecule has 1 aromatic carbocycles. The van der Waals surface area contributed by atoms with E-state index < -0.39 is 0 Å². The van der Waals surface area contributed by atoms with Gasteiger partial charge in [-0.2, -0.15) is 0 Å². The average Bonchev–Trinajstić information content (AvgIpc) is 2.87. The summed E-state index contributed by atoms with van der Waals surface area (Å²) in [4.78, 5) is 14.4. The van der Waals surface area contributed by atoms with Gasteiger partial charge < -0.3 is 10.6 Å². The van der Waals surface area contributed by atoms with Gasteiger partial charge in [0.05, 0.1) is 0 Å². The number of amides is 1. The Balaban J connectivity index is 2.22. The van der Waals surface area contributed by atoms with Crippen LogP contribution in [-0.4, -0.2) is 29.9 Å². The Morgan fingerprint density at radius 1 is 1.37 bits per heavy atom. The lowest BCUT2D eigenvalue weighted by atomic mass is 10.1. The molecule has 104 valence electrons. The summed E-state index contributed by atoms with van der Waals surface area (Å²) in [6.45, 7) is 2.78. The summed E-state index contributed by atoms with van der Waals surface area (Å²) >= 11 is 0. The molecule has 0 unspecified atom stereocenters. The zero-order chi connectivity index (χ0) is 13.8. The van der Waals surface area contributed by atoms with E-state index in [-0.39, 0.29) is 17.8 Å². The lowest BCUT2D eigenvalue weighted by Crippen LogP contribution is -2.42. The number of halogens is 1. The van der Waals surface area contributed by atoms with Crippen LogP contribution in [0.25, 0.3) is 0 Å². The third-order valence-electron chi connectivity index (χ3n) is 3.69. The summed E-state index contributed by atoms with van der Waals surface area (Å²) < 4.78 is 13.4. The van der Waals surface area contributed by atoms with Crippen LogP contribution in [0.2, 0.25) is 0 Å². The zero-order valence-corrected chi connectivity index (χ0v) is 11.4. The van der Waals surface area contributed by atoms with Gasteiger partial charge in [-0.05, 0) is 43.5 Å². The summed E-state index contributed by atoms with van der Waals surface area (Å²) in [5.41, 5.74) is 6.80. The SMILES string of the molecule is Cc1cc(F)cc(C(=O)N(CCN)C2CCCC2)c1. The Bertz CT molecular complexity index is 435. The van der Waals surface area contributed by atoms with E-state index in [0.717, 1.165) is 31.2 Å². The van der Waals surface area contributed by atoms with Crippen LogP contribution in [0.5, 0.6) is 0 Å². The van der Waals surface area contributed by atoms with E-state index in [1.165, 1.54) is 12.1 Å². The Labute approximate surface area is 113 Å². The molecule has 0 aromatic heterocycles. The summed E-state index contributed by atoms with van der Waals surface area (Å²) in [6.07, 6.45) is 4.36. The van der Waals surface area contributed by atoms with Crippen LogP contribution in [0.3, 0.4) is 0 Å². The van der Waals surface area contributed by atoms with Gasteiger partial charge in [-0.1, -0.05) is 12.8 Å². The van der Waals surface area contributed by atoms with Crippen LogP contribution in [-0.2, 0) is 0 Å². The van der Waals surface area contributed by atoms with E-state index >= 15 is 0 Å². The third-order valence-corrected chi connectivity index (χ3v) is 3.69. The van der Waals surface area contributed by atoms with Gasteiger partial charge in [-0.25, -0.2) is 4.39 Å². The van der Waals surface area contributed by atoms with E-state index in [1.807, 2.05) is 4.90 Å². The molecule has 0 radical (unpaired) electrons. The molecule has 0 bridgehead atoms. The lowest BCUT2D eigenvalue weighted by Gasteiger charge is -2.28. The molecule has 3 nitrogen and oxygen atoms in total. The van der Waals surface area contributed by atoms with Gasteiger partial charge in [-0.3, -0.25) is 4.79 Å². The second-order valence-electron chi connectivity index (χ2n) is 5.24. The van der Waals surface area contributed by atoms with Crippen LogP contribution in [0.1, 0.15) is 41.6 Å². The molecule has 0 atom stereocenters. The first-order valence-electron chi connectivity index (χ1n) is 6.90. The van der Waals surface area contributed by atoms with Crippen molar-refractivity contribution >= 4 is 5.91 Å². The summed E-state index contributed by atoms with van der Waals surface area (Å²) in [5, 5.41) is 0. The maximum atomic E-state index is 13.4. The number of nitrogens with zero attached hydrogens (tertiary/aromatic N) is 1. The zero-order valence-electron chi connectivity index (χ0n) is 11.4. The molecule has 0 heterocycles. The number of rotatable bonds is 4. The molecular weight excluding hydrogens is 243 g/mol. The molecule has 1 fully saturated rings. The van der Waals surface area contributed by atoms with Gasteiger partial charge >= 0.3 is 0 Å². The van der Waals surface area contributed by atoms with Crippen LogP contribution >= 0.6 is 0 Å². The van der Waals surface area contributed by atoms with Crippen molar-refractivity contribution in [1.29, 1.82) is 0 Å². The van der Waals surface area contributed by atoms with Crippen molar-refractivity contribution in [2.75, 3.05) is 13.1 Å². The van der Waals surface area contributed by atoms with Gasteiger partial charge in [0.2, 0.25) is 0 Å². The van der Waals surface area contributed by atoms with Crippen molar-refractivity contribution in [2.45, 2.75) is 38.6 Å². The highest BCUT2D eigenvalue weighted by Gasteiger charge is 2.27. The number of aryl methyl sites for hydroxylation is 1. The van der Waals surface area contributed by atoms with Crippen molar-refractivity contribution in [3.05, 3.63) is 35.1 Å². The van der Waals surface area contributed by atoms with Crippen LogP contribution in [0, 0.1) is 12.7 Å². The quantitative estimate of drug-likeness (QED) is 0.908. The molecule has 1 amide bonds. The maximum absolute atomic E-state index is 13.4. The summed E-state index contributed by atoms with van der Waals surface area (Å²) in [6, 6.07) is 4.75. The molecule has 1 saturated carbocycles. The molecular formula is C15H21FN2O. The fourth-order valence-corrected chi connectivity index (χ4v) is 2.83. The van der Waals surface area contributed by atoms with Gasteiger partial charge in [0.25, 0.3) is 5.91 Å². The fourth-order valence-electron chi connectivity index (χ4n) is 2.83. The average molecular weight is 264 g/mol. The van der Waals surface area contributed by atoms with Crippen LogP contribution in [0.15, 0.2) is 18.2 Å². The molecule has 1 aliphatic rings. The van der Waals surface area contributed by atoms with E-state index in [9.17, 15) is 9.18 Å². The molecule has 0 spiro atoms. The molecule has 1 aliphatic carbocycles. The first kappa shape index (κ1) is 14.0. The molecule has 2 N–H and O–H groups in total. The van der Waals surface area contributed by atoms with Gasteiger partial charge in [-0.15, -0.1) is 0 Å². The second-order valence-corrected chi connectivity index (χ2v) is 5.24. The lowest BCUT2D eigenvalue weighted by molar-refractivity contribution is 0.0687. The summed E-state index contributed by atoms with van der Waals surface area (Å²) in [5.74, 6) is -0.456. The van der Waals surface area contributed by atoms with Gasteiger partial charge in [0.1, 0.15) is 5.82 Å². The highest BCUT2D eigenvalue weighted by atomic mass is 19.1. The van der Waals surface area contributed by atoms with E-state index in [2.05, 4.69) is 0 Å². The smallest absolute Gasteiger partial charge is 0.254 e. The molecule has 2 rings (SSSR count).